The van der Waals surface area contributed by atoms with Crippen molar-refractivity contribution in [2.24, 2.45) is 16.2 Å². The Morgan fingerprint density at radius 1 is 0.895 bits per heavy atom. The minimum absolute atomic E-state index is 0.0200. The van der Waals surface area contributed by atoms with E-state index in [1.807, 2.05) is 13.8 Å². The fourth-order valence-corrected chi connectivity index (χ4v) is 6.30. The van der Waals surface area contributed by atoms with Gasteiger partial charge in [-0.3, -0.25) is 0 Å². The highest BCUT2D eigenvalue weighted by molar-refractivity contribution is 7.80. The van der Waals surface area contributed by atoms with Gasteiger partial charge in [0.2, 0.25) is 0 Å². The number of hydrogen-bond donors (Lipinski definition) is 8. The molecule has 0 radical (unpaired) electrons. The molecule has 0 saturated heterocycles. The maximum absolute atomic E-state index is 11.3. The Kier molecular flexibility index (Phi) is 12.7. The number of aliphatic hydroxyl groups excluding tert-OH is 5. The number of hydrogen-bond acceptors (Lipinski definition) is 7. The van der Waals surface area contributed by atoms with Crippen LogP contribution in [0.1, 0.15) is 94.9 Å². The molecule has 7 unspecified atom stereocenters. The van der Waals surface area contributed by atoms with Gasteiger partial charge in [-0.15, -0.1) is 0 Å². The Labute approximate surface area is 236 Å². The summed E-state index contributed by atoms with van der Waals surface area (Å²) >= 11 is 5.64. The molecule has 1 rings (SSSR count). The summed E-state index contributed by atoms with van der Waals surface area (Å²) in [5.74, 6) is 0. The molecule has 1 aliphatic rings. The standard InChI is InChI=1S/C29H57N3O5S/c1-26(2,3)16-28(7,8)22(35)14-21(34)19(31-25(38)32-29(9,10)17-27(4,5)6)15-30-18-12-11-13-20(33)24(37)23(18)36/h11-12,18-24,30,33-37H,13-17H2,1-10H3,(H2,31,32,38). The zero-order valence-corrected chi connectivity index (χ0v) is 26.2. The van der Waals surface area contributed by atoms with Crippen molar-refractivity contribution in [3.8, 4) is 0 Å². The Bertz CT molecular complexity index is 775. The van der Waals surface area contributed by atoms with E-state index in [-0.39, 0.29) is 35.8 Å². The van der Waals surface area contributed by atoms with Crippen LogP contribution in [-0.4, -0.2) is 85.3 Å². The van der Waals surface area contributed by atoms with Gasteiger partial charge in [0.05, 0.1) is 30.4 Å². The highest BCUT2D eigenvalue weighted by Crippen LogP contribution is 2.37. The van der Waals surface area contributed by atoms with Crippen molar-refractivity contribution in [3.63, 3.8) is 0 Å². The number of thiocarbonyl (C=S) groups is 1. The molecule has 38 heavy (non-hydrogen) atoms. The minimum atomic E-state index is -1.29. The van der Waals surface area contributed by atoms with Gasteiger partial charge in [-0.25, -0.2) is 0 Å². The lowest BCUT2D eigenvalue weighted by Gasteiger charge is -2.39. The van der Waals surface area contributed by atoms with Crippen LogP contribution in [0.15, 0.2) is 12.2 Å². The first-order chi connectivity index (χ1) is 17.0. The van der Waals surface area contributed by atoms with E-state index in [1.165, 1.54) is 0 Å². The van der Waals surface area contributed by atoms with E-state index in [2.05, 4.69) is 71.3 Å². The van der Waals surface area contributed by atoms with E-state index in [1.54, 1.807) is 12.2 Å². The zero-order chi connectivity index (χ0) is 29.7. The Morgan fingerprint density at radius 3 is 1.97 bits per heavy atom. The average Bonchev–Trinajstić information content (AvgIpc) is 2.80. The van der Waals surface area contributed by atoms with Crippen molar-refractivity contribution in [2.45, 2.75) is 143 Å². The van der Waals surface area contributed by atoms with Crippen LogP contribution in [0.3, 0.4) is 0 Å². The van der Waals surface area contributed by atoms with Crippen molar-refractivity contribution in [2.75, 3.05) is 6.54 Å². The third kappa shape index (κ3) is 12.6. The predicted octanol–water partition coefficient (Wildman–Crippen LogP) is 2.61. The second-order valence-electron chi connectivity index (χ2n) is 15.0. The second-order valence-corrected chi connectivity index (χ2v) is 15.4. The first-order valence-electron chi connectivity index (χ1n) is 13.9. The van der Waals surface area contributed by atoms with E-state index in [4.69, 9.17) is 12.2 Å². The average molecular weight is 560 g/mol. The van der Waals surface area contributed by atoms with Gasteiger partial charge in [-0.2, -0.15) is 0 Å². The van der Waals surface area contributed by atoms with E-state index in [0.717, 1.165) is 12.8 Å². The predicted molar refractivity (Wildman–Crippen MR) is 159 cm³/mol. The molecular weight excluding hydrogens is 502 g/mol. The lowest BCUT2D eigenvalue weighted by Crippen LogP contribution is -2.59. The van der Waals surface area contributed by atoms with Crippen molar-refractivity contribution < 1.29 is 25.5 Å². The largest absolute Gasteiger partial charge is 0.392 e. The van der Waals surface area contributed by atoms with Gasteiger partial charge in [-0.05, 0) is 61.6 Å². The summed E-state index contributed by atoms with van der Waals surface area (Å²) in [6, 6.07) is -1.22. The lowest BCUT2D eigenvalue weighted by molar-refractivity contribution is -0.0626. The van der Waals surface area contributed by atoms with Crippen LogP contribution in [0, 0.1) is 16.2 Å². The van der Waals surface area contributed by atoms with Crippen LogP contribution in [0.4, 0.5) is 0 Å². The van der Waals surface area contributed by atoms with E-state index in [9.17, 15) is 25.5 Å². The molecule has 0 heterocycles. The Hall–Kier alpha value is -0.810. The summed E-state index contributed by atoms with van der Waals surface area (Å²) in [6.45, 7) is 21.3. The first-order valence-corrected chi connectivity index (χ1v) is 14.3. The quantitative estimate of drug-likeness (QED) is 0.142. The van der Waals surface area contributed by atoms with Gasteiger partial charge in [0.25, 0.3) is 0 Å². The van der Waals surface area contributed by atoms with Crippen LogP contribution >= 0.6 is 12.2 Å². The minimum Gasteiger partial charge on any atom is -0.392 e. The first kappa shape index (κ1) is 35.2. The summed E-state index contributed by atoms with van der Waals surface area (Å²) in [5.41, 5.74) is -0.597. The van der Waals surface area contributed by atoms with Crippen LogP contribution < -0.4 is 16.0 Å². The number of rotatable bonds is 11. The lowest BCUT2D eigenvalue weighted by atomic mass is 9.71. The van der Waals surface area contributed by atoms with Gasteiger partial charge in [0.15, 0.2) is 5.11 Å². The Balaban J connectivity index is 3.04. The SMILES string of the molecule is CC(C)(C)CC(C)(C)NC(=S)NC(CNC1C=CCC(O)C(O)C1O)C(O)CC(O)C(C)(C)CC(C)(C)C. The molecule has 0 aromatic heterocycles. The van der Waals surface area contributed by atoms with Crippen LogP contribution in [0.2, 0.25) is 0 Å². The van der Waals surface area contributed by atoms with E-state index in [0.29, 0.717) is 5.11 Å². The molecule has 7 atom stereocenters. The monoisotopic (exact) mass is 559 g/mol. The molecule has 0 saturated carbocycles. The van der Waals surface area contributed by atoms with Gasteiger partial charge in [0.1, 0.15) is 12.2 Å². The summed E-state index contributed by atoms with van der Waals surface area (Å²) in [6.07, 6.45) is 0.218. The van der Waals surface area contributed by atoms with Crippen molar-refractivity contribution >= 4 is 17.3 Å². The number of nitrogens with one attached hydrogen (secondary N) is 3. The zero-order valence-electron chi connectivity index (χ0n) is 25.4. The molecule has 0 spiro atoms. The topological polar surface area (TPSA) is 137 Å². The Morgan fingerprint density at radius 2 is 1.45 bits per heavy atom. The molecule has 8 N–H and O–H groups in total. The number of aliphatic hydroxyl groups is 5. The molecule has 0 aliphatic heterocycles. The molecule has 1 aliphatic carbocycles. The van der Waals surface area contributed by atoms with E-state index >= 15 is 0 Å². The van der Waals surface area contributed by atoms with Crippen LogP contribution in [0.5, 0.6) is 0 Å². The molecule has 0 amide bonds. The van der Waals surface area contributed by atoms with Gasteiger partial charge < -0.3 is 41.5 Å². The maximum Gasteiger partial charge on any atom is 0.167 e. The van der Waals surface area contributed by atoms with Crippen molar-refractivity contribution in [1.82, 2.24) is 16.0 Å². The molecule has 0 aromatic carbocycles. The molecule has 0 fully saturated rings. The fourth-order valence-electron chi connectivity index (χ4n) is 5.87. The maximum atomic E-state index is 11.3. The third-order valence-corrected chi connectivity index (χ3v) is 7.18. The third-order valence-electron chi connectivity index (χ3n) is 6.96. The molecule has 9 heteroatoms. The molecule has 224 valence electrons. The van der Waals surface area contributed by atoms with Gasteiger partial charge >= 0.3 is 0 Å². The van der Waals surface area contributed by atoms with Crippen molar-refractivity contribution in [1.29, 1.82) is 0 Å². The molecular formula is C29H57N3O5S. The molecule has 8 nitrogen and oxygen atoms in total. The highest BCUT2D eigenvalue weighted by Gasteiger charge is 2.37. The van der Waals surface area contributed by atoms with Crippen LogP contribution in [-0.2, 0) is 0 Å². The summed E-state index contributed by atoms with van der Waals surface area (Å²) in [7, 11) is 0. The van der Waals surface area contributed by atoms with Crippen LogP contribution in [0.25, 0.3) is 0 Å². The van der Waals surface area contributed by atoms with E-state index < -0.39 is 48.0 Å². The normalized spacial score (nSPS) is 25.9. The second kappa shape index (κ2) is 13.7. The molecule has 0 bridgehead atoms. The molecule has 0 aromatic rings. The summed E-state index contributed by atoms with van der Waals surface area (Å²) < 4.78 is 0. The van der Waals surface area contributed by atoms with Gasteiger partial charge in [0, 0.05) is 18.5 Å². The van der Waals surface area contributed by atoms with Gasteiger partial charge in [-0.1, -0.05) is 67.5 Å². The summed E-state index contributed by atoms with van der Waals surface area (Å²) in [5, 5.41) is 63.4. The highest BCUT2D eigenvalue weighted by atomic mass is 32.1. The summed E-state index contributed by atoms with van der Waals surface area (Å²) in [4.78, 5) is 0. The fraction of sp³-hybridized carbons (Fsp3) is 0.897. The van der Waals surface area contributed by atoms with Crippen molar-refractivity contribution in [3.05, 3.63) is 12.2 Å². The smallest absolute Gasteiger partial charge is 0.167 e.